The standard InChI is InChI=1S/C18H29N3O3/c1-15(2)24-13-3-8-19-18(23)14-20-9-11-21(12-10-20)16-4-6-17(22)7-5-16/h4-7,15,22H,3,8-14H2,1-2H3,(H,19,23)/p+1. The lowest BCUT2D eigenvalue weighted by Crippen LogP contribution is -3.15. The van der Waals surface area contributed by atoms with Gasteiger partial charge in [-0.25, -0.2) is 0 Å². The van der Waals surface area contributed by atoms with Crippen LogP contribution < -0.4 is 15.1 Å². The monoisotopic (exact) mass is 336 g/mol. The molecule has 2 rings (SSSR count). The SMILES string of the molecule is CC(C)OCCCNC(=O)C[NH+]1CCN(c2ccc(O)cc2)CC1. The number of quaternary nitrogens is 1. The van der Waals surface area contributed by atoms with Crippen molar-refractivity contribution in [3.8, 4) is 5.75 Å². The Balaban J connectivity index is 1.62. The molecule has 1 heterocycles. The van der Waals surface area contributed by atoms with Crippen molar-refractivity contribution in [1.29, 1.82) is 0 Å². The quantitative estimate of drug-likeness (QED) is 0.586. The highest BCUT2D eigenvalue weighted by Gasteiger charge is 2.22. The number of phenolic OH excluding ortho intramolecular Hbond substituents is 1. The number of nitrogens with zero attached hydrogens (tertiary/aromatic N) is 1. The first-order valence-electron chi connectivity index (χ1n) is 8.80. The van der Waals surface area contributed by atoms with Crippen LogP contribution in [0.1, 0.15) is 20.3 Å². The average Bonchev–Trinajstić information content (AvgIpc) is 2.56. The molecule has 1 aromatic carbocycles. The van der Waals surface area contributed by atoms with Gasteiger partial charge in [-0.1, -0.05) is 0 Å². The molecule has 1 fully saturated rings. The smallest absolute Gasteiger partial charge is 0.275 e. The summed E-state index contributed by atoms with van der Waals surface area (Å²) in [7, 11) is 0. The zero-order valence-electron chi connectivity index (χ0n) is 14.8. The molecule has 0 aliphatic carbocycles. The number of piperazine rings is 1. The second-order valence-electron chi connectivity index (χ2n) is 6.55. The minimum atomic E-state index is 0.118. The lowest BCUT2D eigenvalue weighted by Gasteiger charge is -2.33. The summed E-state index contributed by atoms with van der Waals surface area (Å²) in [4.78, 5) is 15.6. The van der Waals surface area contributed by atoms with Crippen molar-refractivity contribution < 1.29 is 19.5 Å². The fraction of sp³-hybridized carbons (Fsp3) is 0.611. The van der Waals surface area contributed by atoms with E-state index in [4.69, 9.17) is 4.74 Å². The molecule has 0 aromatic heterocycles. The Kier molecular flexibility index (Phi) is 7.34. The van der Waals surface area contributed by atoms with E-state index in [0.29, 0.717) is 25.4 Å². The van der Waals surface area contributed by atoms with Crippen LogP contribution in [0.3, 0.4) is 0 Å². The van der Waals surface area contributed by atoms with E-state index >= 15 is 0 Å². The highest BCUT2D eigenvalue weighted by atomic mass is 16.5. The molecule has 0 bridgehead atoms. The van der Waals surface area contributed by atoms with Gasteiger partial charge in [-0.2, -0.15) is 0 Å². The first-order chi connectivity index (χ1) is 11.5. The van der Waals surface area contributed by atoms with Gasteiger partial charge in [-0.3, -0.25) is 4.79 Å². The molecule has 0 atom stereocenters. The molecule has 134 valence electrons. The zero-order chi connectivity index (χ0) is 17.4. The second kappa shape index (κ2) is 9.49. The van der Waals surface area contributed by atoms with Crippen LogP contribution in [-0.2, 0) is 9.53 Å². The Morgan fingerprint density at radius 1 is 1.29 bits per heavy atom. The van der Waals surface area contributed by atoms with Crippen LogP contribution in [0, 0.1) is 0 Å². The van der Waals surface area contributed by atoms with E-state index in [9.17, 15) is 9.90 Å². The van der Waals surface area contributed by atoms with E-state index in [1.165, 1.54) is 4.90 Å². The molecule has 3 N–H and O–H groups in total. The van der Waals surface area contributed by atoms with E-state index in [1.807, 2.05) is 26.0 Å². The summed E-state index contributed by atoms with van der Waals surface area (Å²) in [6.07, 6.45) is 1.10. The van der Waals surface area contributed by atoms with Crippen LogP contribution in [0.5, 0.6) is 5.75 Å². The third-order valence-electron chi connectivity index (χ3n) is 4.19. The van der Waals surface area contributed by atoms with E-state index in [2.05, 4.69) is 10.2 Å². The summed E-state index contributed by atoms with van der Waals surface area (Å²) in [6, 6.07) is 7.30. The number of phenols is 1. The van der Waals surface area contributed by atoms with Gasteiger partial charge in [0.25, 0.3) is 5.91 Å². The fourth-order valence-electron chi connectivity index (χ4n) is 2.83. The molecule has 24 heavy (non-hydrogen) atoms. The maximum absolute atomic E-state index is 12.0. The maximum atomic E-state index is 12.0. The minimum absolute atomic E-state index is 0.118. The molecule has 1 amide bonds. The lowest BCUT2D eigenvalue weighted by atomic mass is 10.2. The van der Waals surface area contributed by atoms with Gasteiger partial charge in [-0.15, -0.1) is 0 Å². The summed E-state index contributed by atoms with van der Waals surface area (Å²) < 4.78 is 5.46. The molecule has 0 spiro atoms. The van der Waals surface area contributed by atoms with E-state index < -0.39 is 0 Å². The number of anilines is 1. The highest BCUT2D eigenvalue weighted by Crippen LogP contribution is 2.17. The van der Waals surface area contributed by atoms with E-state index in [1.54, 1.807) is 12.1 Å². The molecule has 1 saturated heterocycles. The van der Waals surface area contributed by atoms with E-state index in [-0.39, 0.29) is 12.0 Å². The normalized spacial score (nSPS) is 15.7. The van der Waals surface area contributed by atoms with Crippen LogP contribution in [0.25, 0.3) is 0 Å². The first kappa shape index (κ1) is 18.5. The zero-order valence-corrected chi connectivity index (χ0v) is 14.8. The number of carbonyl (C=O) groups is 1. The average molecular weight is 336 g/mol. The maximum Gasteiger partial charge on any atom is 0.275 e. The Morgan fingerprint density at radius 3 is 2.58 bits per heavy atom. The Labute approximate surface area is 144 Å². The van der Waals surface area contributed by atoms with Crippen LogP contribution in [0.15, 0.2) is 24.3 Å². The predicted octanol–water partition coefficient (Wildman–Crippen LogP) is 0.0284. The fourth-order valence-corrected chi connectivity index (χ4v) is 2.83. The van der Waals surface area contributed by atoms with Gasteiger partial charge < -0.3 is 25.0 Å². The van der Waals surface area contributed by atoms with Crippen LogP contribution in [-0.4, -0.2) is 63.0 Å². The van der Waals surface area contributed by atoms with Gasteiger partial charge in [0.15, 0.2) is 6.54 Å². The Morgan fingerprint density at radius 2 is 1.96 bits per heavy atom. The van der Waals surface area contributed by atoms with Crippen molar-refractivity contribution in [2.24, 2.45) is 0 Å². The number of hydrogen-bond donors (Lipinski definition) is 3. The summed E-state index contributed by atoms with van der Waals surface area (Å²) in [5.41, 5.74) is 1.13. The van der Waals surface area contributed by atoms with Gasteiger partial charge in [-0.05, 0) is 44.5 Å². The predicted molar refractivity (Wildman–Crippen MR) is 94.6 cm³/mol. The van der Waals surface area contributed by atoms with Crippen molar-refractivity contribution in [3.63, 3.8) is 0 Å². The number of hydrogen-bond acceptors (Lipinski definition) is 4. The second-order valence-corrected chi connectivity index (χ2v) is 6.55. The Hall–Kier alpha value is -1.79. The highest BCUT2D eigenvalue weighted by molar-refractivity contribution is 5.76. The number of aromatic hydroxyl groups is 1. The van der Waals surface area contributed by atoms with Gasteiger partial charge in [0.05, 0.1) is 32.3 Å². The molecule has 1 aromatic rings. The molecule has 1 aliphatic heterocycles. The number of amides is 1. The summed E-state index contributed by atoms with van der Waals surface area (Å²) in [6.45, 7) is 9.68. The minimum Gasteiger partial charge on any atom is -0.508 e. The molecule has 0 radical (unpaired) electrons. The first-order valence-corrected chi connectivity index (χ1v) is 8.80. The van der Waals surface area contributed by atoms with Crippen molar-refractivity contribution >= 4 is 11.6 Å². The largest absolute Gasteiger partial charge is 0.508 e. The molecule has 1 aliphatic rings. The van der Waals surface area contributed by atoms with Gasteiger partial charge in [0, 0.05) is 18.8 Å². The molecular weight excluding hydrogens is 306 g/mol. The summed E-state index contributed by atoms with van der Waals surface area (Å²) >= 11 is 0. The molecular formula is C18H30N3O3+. The third-order valence-corrected chi connectivity index (χ3v) is 4.19. The lowest BCUT2D eigenvalue weighted by molar-refractivity contribution is -0.892. The van der Waals surface area contributed by atoms with E-state index in [0.717, 1.165) is 38.3 Å². The summed E-state index contributed by atoms with van der Waals surface area (Å²) in [5, 5.41) is 12.3. The van der Waals surface area contributed by atoms with Crippen molar-refractivity contribution in [1.82, 2.24) is 5.32 Å². The number of nitrogens with one attached hydrogen (secondary N) is 2. The molecule has 0 unspecified atom stereocenters. The van der Waals surface area contributed by atoms with Crippen molar-refractivity contribution in [3.05, 3.63) is 24.3 Å². The molecule has 6 nitrogen and oxygen atoms in total. The van der Waals surface area contributed by atoms with Crippen LogP contribution in [0.2, 0.25) is 0 Å². The third kappa shape index (κ3) is 6.37. The van der Waals surface area contributed by atoms with Crippen molar-refractivity contribution in [2.45, 2.75) is 26.4 Å². The van der Waals surface area contributed by atoms with Crippen LogP contribution in [0.4, 0.5) is 5.69 Å². The summed E-state index contributed by atoms with van der Waals surface area (Å²) in [5.74, 6) is 0.408. The number of rotatable bonds is 8. The number of benzene rings is 1. The molecule has 0 saturated carbocycles. The van der Waals surface area contributed by atoms with Crippen LogP contribution >= 0.6 is 0 Å². The topological polar surface area (TPSA) is 66.2 Å². The van der Waals surface area contributed by atoms with Gasteiger partial charge in [0.1, 0.15) is 5.75 Å². The van der Waals surface area contributed by atoms with Crippen molar-refractivity contribution in [2.75, 3.05) is 50.8 Å². The van der Waals surface area contributed by atoms with Gasteiger partial charge >= 0.3 is 0 Å². The molecule has 6 heteroatoms. The number of carbonyl (C=O) groups excluding carboxylic acids is 1. The number of ether oxygens (including phenoxy) is 1. The van der Waals surface area contributed by atoms with Gasteiger partial charge in [0.2, 0.25) is 0 Å². The Bertz CT molecular complexity index is 497.